The molecule has 17 heavy (non-hydrogen) atoms. The van der Waals surface area contributed by atoms with Crippen LogP contribution in [0.5, 0.6) is 0 Å². The van der Waals surface area contributed by atoms with Crippen molar-refractivity contribution in [1.29, 1.82) is 0 Å². The lowest BCUT2D eigenvalue weighted by molar-refractivity contribution is -0.129. The average Bonchev–Trinajstić information content (AvgIpc) is 3.09. The number of likely N-dealkylation sites (tertiary alicyclic amines) is 1. The zero-order chi connectivity index (χ0) is 12.3. The number of rotatable bonds is 5. The van der Waals surface area contributed by atoms with Crippen molar-refractivity contribution >= 4 is 5.91 Å². The predicted molar refractivity (Wildman–Crippen MR) is 68.9 cm³/mol. The highest BCUT2D eigenvalue weighted by atomic mass is 16.2. The van der Waals surface area contributed by atoms with Gasteiger partial charge in [0.05, 0.1) is 6.54 Å². The van der Waals surface area contributed by atoms with Gasteiger partial charge in [-0.05, 0) is 45.2 Å². The van der Waals surface area contributed by atoms with Gasteiger partial charge in [0.15, 0.2) is 0 Å². The maximum Gasteiger partial charge on any atom is 0.236 e. The Labute approximate surface area is 104 Å². The van der Waals surface area contributed by atoms with E-state index < -0.39 is 0 Å². The number of carbonyl (C=O) groups excluding carboxylic acids is 1. The van der Waals surface area contributed by atoms with Gasteiger partial charge >= 0.3 is 0 Å². The van der Waals surface area contributed by atoms with Crippen molar-refractivity contribution in [2.24, 2.45) is 5.92 Å². The summed E-state index contributed by atoms with van der Waals surface area (Å²) in [7, 11) is 4.11. The molecule has 1 N–H and O–H groups in total. The molecule has 0 bridgehead atoms. The van der Waals surface area contributed by atoms with Crippen LogP contribution in [0.3, 0.4) is 0 Å². The third-order valence-corrected chi connectivity index (χ3v) is 3.80. The molecule has 4 heteroatoms. The van der Waals surface area contributed by atoms with Crippen molar-refractivity contribution in [2.75, 3.05) is 40.3 Å². The van der Waals surface area contributed by atoms with Crippen molar-refractivity contribution < 1.29 is 4.79 Å². The second-order valence-corrected chi connectivity index (χ2v) is 5.70. The number of likely N-dealkylation sites (N-methyl/N-ethyl adjacent to an activating group) is 1. The first-order chi connectivity index (χ1) is 8.15. The summed E-state index contributed by atoms with van der Waals surface area (Å²) >= 11 is 0. The fourth-order valence-electron chi connectivity index (χ4n) is 2.57. The number of hydrogen-bond acceptors (Lipinski definition) is 3. The van der Waals surface area contributed by atoms with Crippen LogP contribution < -0.4 is 5.32 Å². The van der Waals surface area contributed by atoms with Crippen molar-refractivity contribution in [1.82, 2.24) is 15.1 Å². The number of nitrogens with zero attached hydrogens (tertiary/aromatic N) is 2. The maximum absolute atomic E-state index is 11.9. The summed E-state index contributed by atoms with van der Waals surface area (Å²) in [6.45, 7) is 3.77. The van der Waals surface area contributed by atoms with Gasteiger partial charge in [-0.25, -0.2) is 0 Å². The third-order valence-electron chi connectivity index (χ3n) is 3.80. The predicted octanol–water partition coefficient (Wildman–Crippen LogP) is 0.539. The van der Waals surface area contributed by atoms with E-state index in [0.717, 1.165) is 13.1 Å². The molecule has 98 valence electrons. The van der Waals surface area contributed by atoms with E-state index in [1.807, 2.05) is 11.9 Å². The molecule has 1 heterocycles. The summed E-state index contributed by atoms with van der Waals surface area (Å²) in [4.78, 5) is 16.2. The first-order valence-electron chi connectivity index (χ1n) is 6.81. The molecule has 0 spiro atoms. The fourth-order valence-corrected chi connectivity index (χ4v) is 2.57. The highest BCUT2D eigenvalue weighted by Crippen LogP contribution is 2.18. The lowest BCUT2D eigenvalue weighted by Crippen LogP contribution is -2.42. The van der Waals surface area contributed by atoms with E-state index in [0.29, 0.717) is 18.5 Å². The van der Waals surface area contributed by atoms with Crippen molar-refractivity contribution in [3.05, 3.63) is 0 Å². The lowest BCUT2D eigenvalue weighted by atomic mass is 9.98. The molecule has 2 aliphatic rings. The van der Waals surface area contributed by atoms with E-state index in [1.165, 1.54) is 32.2 Å². The smallest absolute Gasteiger partial charge is 0.236 e. The van der Waals surface area contributed by atoms with Crippen LogP contribution in [0.25, 0.3) is 0 Å². The lowest BCUT2D eigenvalue weighted by Gasteiger charge is -2.32. The summed E-state index contributed by atoms with van der Waals surface area (Å²) in [5, 5.41) is 3.28. The normalized spacial score (nSPS) is 25.9. The molecule has 1 aliphatic heterocycles. The van der Waals surface area contributed by atoms with Gasteiger partial charge in [0.2, 0.25) is 5.91 Å². The minimum atomic E-state index is 0.241. The first kappa shape index (κ1) is 12.8. The van der Waals surface area contributed by atoms with Crippen LogP contribution in [0.15, 0.2) is 0 Å². The molecule has 0 aromatic rings. The van der Waals surface area contributed by atoms with Gasteiger partial charge in [0, 0.05) is 26.2 Å². The van der Waals surface area contributed by atoms with Crippen LogP contribution in [0.4, 0.5) is 0 Å². The molecule has 1 aliphatic carbocycles. The minimum Gasteiger partial charge on any atom is -0.344 e. The summed E-state index contributed by atoms with van der Waals surface area (Å²) in [5.74, 6) is 0.897. The number of hydrogen-bond donors (Lipinski definition) is 1. The van der Waals surface area contributed by atoms with Gasteiger partial charge < -0.3 is 15.1 Å². The van der Waals surface area contributed by atoms with Gasteiger partial charge in [-0.3, -0.25) is 4.79 Å². The molecule has 1 saturated carbocycles. The molecule has 0 aromatic carbocycles. The van der Waals surface area contributed by atoms with Crippen LogP contribution in [-0.4, -0.2) is 62.0 Å². The highest BCUT2D eigenvalue weighted by Gasteiger charge is 2.23. The summed E-state index contributed by atoms with van der Waals surface area (Å²) in [5.41, 5.74) is 0. The molecule has 1 unspecified atom stereocenters. The second kappa shape index (κ2) is 5.83. The molecule has 1 saturated heterocycles. The van der Waals surface area contributed by atoms with E-state index >= 15 is 0 Å². The number of nitrogens with one attached hydrogen (secondary N) is 1. The molecular formula is C13H25N3O. The largest absolute Gasteiger partial charge is 0.344 e. The topological polar surface area (TPSA) is 35.6 Å². The zero-order valence-corrected chi connectivity index (χ0v) is 11.1. The van der Waals surface area contributed by atoms with Gasteiger partial charge in [0.1, 0.15) is 0 Å². The Hall–Kier alpha value is -0.610. The number of piperidine rings is 1. The van der Waals surface area contributed by atoms with Gasteiger partial charge in [0.25, 0.3) is 0 Å². The SMILES string of the molecule is CN1CCCC(CN(C)C(=O)CNC2CC2)C1. The Morgan fingerprint density at radius 2 is 2.18 bits per heavy atom. The molecule has 1 atom stereocenters. The van der Waals surface area contributed by atoms with Gasteiger partial charge in [-0.15, -0.1) is 0 Å². The molecule has 0 radical (unpaired) electrons. The van der Waals surface area contributed by atoms with Crippen LogP contribution in [-0.2, 0) is 4.79 Å². The highest BCUT2D eigenvalue weighted by molar-refractivity contribution is 5.78. The Balaban J connectivity index is 1.67. The number of carbonyl (C=O) groups is 1. The molecule has 2 fully saturated rings. The van der Waals surface area contributed by atoms with E-state index in [1.54, 1.807) is 0 Å². The standard InChI is InChI=1S/C13H25N3O/c1-15-7-3-4-11(9-15)10-16(2)13(17)8-14-12-5-6-12/h11-12,14H,3-10H2,1-2H3. The molecule has 4 nitrogen and oxygen atoms in total. The fraction of sp³-hybridized carbons (Fsp3) is 0.923. The van der Waals surface area contributed by atoms with Crippen molar-refractivity contribution in [3.8, 4) is 0 Å². The molecule has 2 rings (SSSR count). The van der Waals surface area contributed by atoms with Gasteiger partial charge in [-0.2, -0.15) is 0 Å². The van der Waals surface area contributed by atoms with E-state index in [-0.39, 0.29) is 5.91 Å². The monoisotopic (exact) mass is 239 g/mol. The maximum atomic E-state index is 11.9. The van der Waals surface area contributed by atoms with Crippen LogP contribution in [0.2, 0.25) is 0 Å². The average molecular weight is 239 g/mol. The molecular weight excluding hydrogens is 214 g/mol. The van der Waals surface area contributed by atoms with E-state index in [2.05, 4.69) is 17.3 Å². The van der Waals surface area contributed by atoms with Crippen LogP contribution >= 0.6 is 0 Å². The quantitative estimate of drug-likeness (QED) is 0.760. The Morgan fingerprint density at radius 3 is 2.82 bits per heavy atom. The molecule has 0 aromatic heterocycles. The van der Waals surface area contributed by atoms with Crippen molar-refractivity contribution in [2.45, 2.75) is 31.7 Å². The van der Waals surface area contributed by atoms with Crippen LogP contribution in [0.1, 0.15) is 25.7 Å². The summed E-state index contributed by atoms with van der Waals surface area (Å²) in [6.07, 6.45) is 5.01. The van der Waals surface area contributed by atoms with Crippen molar-refractivity contribution in [3.63, 3.8) is 0 Å². The third kappa shape index (κ3) is 4.28. The van der Waals surface area contributed by atoms with E-state index in [4.69, 9.17) is 0 Å². The Kier molecular flexibility index (Phi) is 4.40. The zero-order valence-electron chi connectivity index (χ0n) is 11.1. The Morgan fingerprint density at radius 1 is 1.41 bits per heavy atom. The summed E-state index contributed by atoms with van der Waals surface area (Å²) in [6, 6.07) is 0.619. The summed E-state index contributed by atoms with van der Waals surface area (Å²) < 4.78 is 0. The molecule has 1 amide bonds. The van der Waals surface area contributed by atoms with Gasteiger partial charge in [-0.1, -0.05) is 0 Å². The second-order valence-electron chi connectivity index (χ2n) is 5.70. The van der Waals surface area contributed by atoms with Crippen LogP contribution in [0, 0.1) is 5.92 Å². The Bertz CT molecular complexity index is 265. The number of amides is 1. The van der Waals surface area contributed by atoms with E-state index in [9.17, 15) is 4.79 Å². The first-order valence-corrected chi connectivity index (χ1v) is 6.81. The minimum absolute atomic E-state index is 0.241.